The first-order valence-electron chi connectivity index (χ1n) is 8.24. The van der Waals surface area contributed by atoms with Gasteiger partial charge in [0.15, 0.2) is 0 Å². The number of hydrogen-bond acceptors (Lipinski definition) is 4. The Morgan fingerprint density at radius 2 is 2.17 bits per heavy atom. The number of carbonyl (C=O) groups excluding carboxylic acids is 1. The summed E-state index contributed by atoms with van der Waals surface area (Å²) in [4.78, 5) is 26.9. The fraction of sp³-hybridized carbons (Fsp3) is 0.529. The van der Waals surface area contributed by atoms with Gasteiger partial charge >= 0.3 is 0 Å². The Balaban J connectivity index is 1.46. The molecule has 1 aromatic carbocycles. The van der Waals surface area contributed by atoms with Crippen LogP contribution >= 0.6 is 11.5 Å². The zero-order valence-electron chi connectivity index (χ0n) is 12.9. The molecule has 23 heavy (non-hydrogen) atoms. The second kappa shape index (κ2) is 6.09. The van der Waals surface area contributed by atoms with Gasteiger partial charge in [0.05, 0.1) is 28.8 Å². The van der Waals surface area contributed by atoms with Gasteiger partial charge in [-0.3, -0.25) is 13.5 Å². The highest BCUT2D eigenvalue weighted by Crippen LogP contribution is 2.30. The summed E-state index contributed by atoms with van der Waals surface area (Å²) in [6.45, 7) is 1.78. The number of carbonyl (C=O) groups is 1. The Hall–Kier alpha value is -1.66. The summed E-state index contributed by atoms with van der Waals surface area (Å²) in [5.41, 5.74) is 0.0131. The number of morpholine rings is 1. The average molecular weight is 332 g/mol. The van der Waals surface area contributed by atoms with E-state index in [1.807, 2.05) is 29.2 Å². The van der Waals surface area contributed by atoms with Gasteiger partial charge in [0.25, 0.3) is 5.56 Å². The second-order valence-corrected chi connectivity index (χ2v) is 7.30. The molecule has 4 rings (SSSR count). The quantitative estimate of drug-likeness (QED) is 0.866. The molecular formula is C17H20N2O3S. The second-order valence-electron chi connectivity index (χ2n) is 6.24. The first kappa shape index (κ1) is 14.9. The van der Waals surface area contributed by atoms with E-state index in [9.17, 15) is 9.59 Å². The van der Waals surface area contributed by atoms with Crippen LogP contribution in [-0.2, 0) is 16.1 Å². The minimum Gasteiger partial charge on any atom is -0.374 e. The van der Waals surface area contributed by atoms with Gasteiger partial charge in [0.1, 0.15) is 0 Å². The highest BCUT2D eigenvalue weighted by molar-refractivity contribution is 7.13. The molecule has 2 atom stereocenters. The largest absolute Gasteiger partial charge is 0.374 e. The number of amides is 1. The van der Waals surface area contributed by atoms with Crippen LogP contribution in [0.5, 0.6) is 0 Å². The van der Waals surface area contributed by atoms with E-state index in [2.05, 4.69) is 0 Å². The molecule has 1 aliphatic carbocycles. The molecule has 2 aromatic rings. The molecule has 1 saturated carbocycles. The van der Waals surface area contributed by atoms with E-state index >= 15 is 0 Å². The van der Waals surface area contributed by atoms with Crippen LogP contribution in [0.2, 0.25) is 0 Å². The van der Waals surface area contributed by atoms with Crippen LogP contribution in [-0.4, -0.2) is 40.1 Å². The number of fused-ring (bicyclic) bond motifs is 2. The fourth-order valence-electron chi connectivity index (χ4n) is 3.74. The molecule has 0 radical (unpaired) electrons. The zero-order valence-corrected chi connectivity index (χ0v) is 13.8. The molecule has 0 N–H and O–H groups in total. The van der Waals surface area contributed by atoms with Crippen molar-refractivity contribution in [2.45, 2.75) is 44.4 Å². The van der Waals surface area contributed by atoms with Crippen molar-refractivity contribution >= 4 is 27.5 Å². The van der Waals surface area contributed by atoms with Crippen LogP contribution in [0.3, 0.4) is 0 Å². The van der Waals surface area contributed by atoms with Crippen molar-refractivity contribution in [1.29, 1.82) is 0 Å². The number of aromatic nitrogens is 1. The fourth-order valence-corrected chi connectivity index (χ4v) is 4.74. The monoisotopic (exact) mass is 332 g/mol. The van der Waals surface area contributed by atoms with Crippen LogP contribution in [0.15, 0.2) is 29.1 Å². The van der Waals surface area contributed by atoms with Crippen molar-refractivity contribution in [2.75, 3.05) is 13.2 Å². The van der Waals surface area contributed by atoms with Gasteiger partial charge in [-0.15, -0.1) is 0 Å². The maximum Gasteiger partial charge on any atom is 0.268 e. The Labute approximate surface area is 138 Å². The molecule has 0 unspecified atom stereocenters. The Morgan fingerprint density at radius 1 is 1.30 bits per heavy atom. The highest BCUT2D eigenvalue weighted by Gasteiger charge is 2.38. The van der Waals surface area contributed by atoms with Gasteiger partial charge in [-0.2, -0.15) is 0 Å². The molecule has 0 bridgehead atoms. The van der Waals surface area contributed by atoms with Gasteiger partial charge in [-0.1, -0.05) is 23.7 Å². The van der Waals surface area contributed by atoms with Crippen LogP contribution < -0.4 is 5.56 Å². The van der Waals surface area contributed by atoms with E-state index in [0.29, 0.717) is 26.1 Å². The van der Waals surface area contributed by atoms with Crippen LogP contribution in [0.4, 0.5) is 0 Å². The third-order valence-electron chi connectivity index (χ3n) is 4.88. The lowest BCUT2D eigenvalue weighted by Crippen LogP contribution is -2.51. The van der Waals surface area contributed by atoms with Crippen LogP contribution in [0.25, 0.3) is 10.1 Å². The molecule has 0 spiro atoms. The normalized spacial score (nSPS) is 24.1. The van der Waals surface area contributed by atoms with Crippen LogP contribution in [0.1, 0.15) is 25.7 Å². The van der Waals surface area contributed by atoms with E-state index in [1.165, 1.54) is 11.5 Å². The summed E-state index contributed by atoms with van der Waals surface area (Å²) < 4.78 is 8.44. The van der Waals surface area contributed by atoms with E-state index < -0.39 is 0 Å². The van der Waals surface area contributed by atoms with Crippen molar-refractivity contribution in [3.63, 3.8) is 0 Å². The van der Waals surface area contributed by atoms with Crippen LogP contribution in [0, 0.1) is 0 Å². The summed E-state index contributed by atoms with van der Waals surface area (Å²) in [5.74, 6) is 0.148. The Morgan fingerprint density at radius 3 is 3.04 bits per heavy atom. The molecule has 5 nitrogen and oxygen atoms in total. The van der Waals surface area contributed by atoms with Gasteiger partial charge in [0, 0.05) is 19.5 Å². The van der Waals surface area contributed by atoms with Crippen molar-refractivity contribution in [3.8, 4) is 0 Å². The van der Waals surface area contributed by atoms with Gasteiger partial charge in [-0.25, -0.2) is 0 Å². The number of nitrogens with zero attached hydrogens (tertiary/aromatic N) is 2. The molecule has 1 aromatic heterocycles. The Bertz CT molecular complexity index is 781. The van der Waals surface area contributed by atoms with E-state index in [1.54, 1.807) is 3.96 Å². The lowest BCUT2D eigenvalue weighted by molar-refractivity contribution is -0.144. The summed E-state index contributed by atoms with van der Waals surface area (Å²) in [6.07, 6.45) is 3.84. The predicted octanol–water partition coefficient (Wildman–Crippen LogP) is 2.23. The minimum atomic E-state index is 0.0131. The molecule has 2 aliphatic rings. The maximum atomic E-state index is 12.6. The molecule has 6 heteroatoms. The smallest absolute Gasteiger partial charge is 0.268 e. The average Bonchev–Trinajstić information content (AvgIpc) is 3.17. The molecule has 1 saturated heterocycles. The summed E-state index contributed by atoms with van der Waals surface area (Å²) >= 11 is 1.44. The molecular weight excluding hydrogens is 312 g/mol. The summed E-state index contributed by atoms with van der Waals surface area (Å²) in [6, 6.07) is 7.85. The van der Waals surface area contributed by atoms with Gasteiger partial charge in [0.2, 0.25) is 5.91 Å². The summed E-state index contributed by atoms with van der Waals surface area (Å²) in [5, 5.41) is 0.743. The van der Waals surface area contributed by atoms with Gasteiger partial charge in [-0.05, 0) is 31.4 Å². The molecule has 1 aliphatic heterocycles. The van der Waals surface area contributed by atoms with Gasteiger partial charge < -0.3 is 9.64 Å². The first-order valence-corrected chi connectivity index (χ1v) is 9.01. The van der Waals surface area contributed by atoms with Crippen molar-refractivity contribution < 1.29 is 9.53 Å². The first-order chi connectivity index (χ1) is 11.2. The molecule has 2 heterocycles. The molecule has 2 fully saturated rings. The number of ether oxygens (including phenoxy) is 1. The molecule has 1 amide bonds. The standard InChI is InChI=1S/C17H20N2O3S/c20-16(18-10-11-22-14-6-3-5-13(14)18)8-9-19-17(21)12-4-1-2-7-15(12)23-19/h1-2,4,7,13-14H,3,5-6,8-11H2/t13-,14+/m0/s1. The third kappa shape index (κ3) is 2.70. The number of aryl methyl sites for hydroxylation is 1. The maximum absolute atomic E-state index is 12.6. The zero-order chi connectivity index (χ0) is 15.8. The number of benzene rings is 1. The third-order valence-corrected chi connectivity index (χ3v) is 6.01. The topological polar surface area (TPSA) is 51.5 Å². The van der Waals surface area contributed by atoms with E-state index in [0.717, 1.165) is 29.3 Å². The van der Waals surface area contributed by atoms with E-state index in [4.69, 9.17) is 4.74 Å². The lowest BCUT2D eigenvalue weighted by atomic mass is 10.1. The number of rotatable bonds is 3. The minimum absolute atomic E-state index is 0.0131. The predicted molar refractivity (Wildman–Crippen MR) is 89.8 cm³/mol. The number of hydrogen-bond donors (Lipinski definition) is 0. The summed E-state index contributed by atoms with van der Waals surface area (Å²) in [7, 11) is 0. The SMILES string of the molecule is O=C(CCn1sc2ccccc2c1=O)N1CCO[C@@H]2CCC[C@@H]21. The molecule has 122 valence electrons. The van der Waals surface area contributed by atoms with E-state index in [-0.39, 0.29) is 23.6 Å². The lowest BCUT2D eigenvalue weighted by Gasteiger charge is -2.37. The van der Waals surface area contributed by atoms with Crippen molar-refractivity contribution in [1.82, 2.24) is 8.86 Å². The van der Waals surface area contributed by atoms with Crippen molar-refractivity contribution in [3.05, 3.63) is 34.6 Å². The highest BCUT2D eigenvalue weighted by atomic mass is 32.1. The Kier molecular flexibility index (Phi) is 3.95. The van der Waals surface area contributed by atoms with Crippen molar-refractivity contribution in [2.24, 2.45) is 0 Å².